The third kappa shape index (κ3) is 4.91. The molecule has 0 spiro atoms. The summed E-state index contributed by atoms with van der Waals surface area (Å²) in [6, 6.07) is 0.0374. The van der Waals surface area contributed by atoms with Crippen molar-refractivity contribution in [3.8, 4) is 0 Å². The van der Waals surface area contributed by atoms with E-state index in [9.17, 15) is 4.79 Å². The highest BCUT2D eigenvalue weighted by atomic mass is 32.1. The summed E-state index contributed by atoms with van der Waals surface area (Å²) in [6.45, 7) is 3.78. The molecule has 1 atom stereocenters. The minimum atomic E-state index is 0.0374. The quantitative estimate of drug-likeness (QED) is 0.785. The lowest BCUT2D eigenvalue weighted by Gasteiger charge is -2.22. The van der Waals surface area contributed by atoms with E-state index in [4.69, 9.17) is 0 Å². The molecule has 19 heavy (non-hydrogen) atoms. The fourth-order valence-electron chi connectivity index (χ4n) is 2.33. The van der Waals surface area contributed by atoms with Gasteiger partial charge in [-0.25, -0.2) is 4.98 Å². The van der Waals surface area contributed by atoms with Crippen molar-refractivity contribution >= 4 is 17.2 Å². The van der Waals surface area contributed by atoms with Crippen molar-refractivity contribution in [2.24, 2.45) is 0 Å². The van der Waals surface area contributed by atoms with E-state index in [0.717, 1.165) is 50.9 Å². The van der Waals surface area contributed by atoms with Gasteiger partial charge in [0.15, 0.2) is 0 Å². The van der Waals surface area contributed by atoms with Crippen LogP contribution in [0.4, 0.5) is 0 Å². The lowest BCUT2D eigenvalue weighted by Crippen LogP contribution is -2.46. The number of amides is 1. The van der Waals surface area contributed by atoms with Crippen LogP contribution in [0.2, 0.25) is 0 Å². The van der Waals surface area contributed by atoms with E-state index in [2.05, 4.69) is 21.0 Å². The second kappa shape index (κ2) is 7.60. The first kappa shape index (κ1) is 14.5. The van der Waals surface area contributed by atoms with E-state index in [0.29, 0.717) is 0 Å². The summed E-state index contributed by atoms with van der Waals surface area (Å²) in [5, 5.41) is 9.59. The van der Waals surface area contributed by atoms with Gasteiger partial charge in [0.25, 0.3) is 0 Å². The van der Waals surface area contributed by atoms with Crippen LogP contribution in [0.15, 0.2) is 5.38 Å². The second-order valence-electron chi connectivity index (χ2n) is 5.13. The second-order valence-corrected chi connectivity index (χ2v) is 6.08. The summed E-state index contributed by atoms with van der Waals surface area (Å²) >= 11 is 1.73. The van der Waals surface area contributed by atoms with Crippen molar-refractivity contribution < 1.29 is 4.79 Å². The maximum atomic E-state index is 11.9. The van der Waals surface area contributed by atoms with Gasteiger partial charge in [0.2, 0.25) is 5.91 Å². The standard InChI is InChI=1S/C14H23N3OS/c1-11-10-19-13(17-11)7-3-5-9-16-14(18)12-6-2-4-8-15-12/h10,12,15H,2-9H2,1H3,(H,16,18)/t12-/m1/s1. The molecule has 106 valence electrons. The van der Waals surface area contributed by atoms with Crippen LogP contribution in [-0.4, -0.2) is 30.0 Å². The van der Waals surface area contributed by atoms with Gasteiger partial charge in [-0.1, -0.05) is 6.42 Å². The Morgan fingerprint density at radius 3 is 3.11 bits per heavy atom. The molecule has 1 saturated heterocycles. The minimum Gasteiger partial charge on any atom is -0.355 e. The molecule has 1 aliphatic heterocycles. The smallest absolute Gasteiger partial charge is 0.237 e. The maximum absolute atomic E-state index is 11.9. The minimum absolute atomic E-state index is 0.0374. The summed E-state index contributed by atoms with van der Waals surface area (Å²) in [5.74, 6) is 0.171. The van der Waals surface area contributed by atoms with Crippen molar-refractivity contribution in [2.75, 3.05) is 13.1 Å². The zero-order chi connectivity index (χ0) is 13.5. The number of hydrogen-bond donors (Lipinski definition) is 2. The number of aromatic nitrogens is 1. The number of carbonyl (C=O) groups is 1. The summed E-state index contributed by atoms with van der Waals surface area (Å²) < 4.78 is 0. The van der Waals surface area contributed by atoms with Crippen LogP contribution < -0.4 is 10.6 Å². The first-order valence-corrected chi connectivity index (χ1v) is 8.06. The number of nitrogens with one attached hydrogen (secondary N) is 2. The number of thiazole rings is 1. The van der Waals surface area contributed by atoms with Gasteiger partial charge in [-0.3, -0.25) is 4.79 Å². The Hall–Kier alpha value is -0.940. The summed E-state index contributed by atoms with van der Waals surface area (Å²) in [4.78, 5) is 16.3. The van der Waals surface area contributed by atoms with E-state index in [-0.39, 0.29) is 11.9 Å². The fraction of sp³-hybridized carbons (Fsp3) is 0.714. The first-order valence-electron chi connectivity index (χ1n) is 7.18. The first-order chi connectivity index (χ1) is 9.25. The van der Waals surface area contributed by atoms with Crippen molar-refractivity contribution in [2.45, 2.75) is 51.5 Å². The number of carbonyl (C=O) groups excluding carboxylic acids is 1. The zero-order valence-electron chi connectivity index (χ0n) is 11.6. The molecule has 0 radical (unpaired) electrons. The molecule has 1 fully saturated rings. The van der Waals surface area contributed by atoms with Gasteiger partial charge in [0.1, 0.15) is 0 Å². The lowest BCUT2D eigenvalue weighted by molar-refractivity contribution is -0.123. The van der Waals surface area contributed by atoms with E-state index in [1.54, 1.807) is 11.3 Å². The molecule has 2 rings (SSSR count). The van der Waals surface area contributed by atoms with Crippen molar-refractivity contribution in [1.29, 1.82) is 0 Å². The molecule has 1 aliphatic rings. The number of unbranched alkanes of at least 4 members (excludes halogenated alkanes) is 1. The van der Waals surface area contributed by atoms with Crippen molar-refractivity contribution in [3.63, 3.8) is 0 Å². The molecule has 5 heteroatoms. The lowest BCUT2D eigenvalue weighted by atomic mass is 10.0. The van der Waals surface area contributed by atoms with Crippen LogP contribution >= 0.6 is 11.3 Å². The average molecular weight is 281 g/mol. The van der Waals surface area contributed by atoms with E-state index >= 15 is 0 Å². The van der Waals surface area contributed by atoms with E-state index in [1.165, 1.54) is 11.4 Å². The van der Waals surface area contributed by atoms with Crippen molar-refractivity contribution in [3.05, 3.63) is 16.1 Å². The number of aryl methyl sites for hydroxylation is 2. The highest BCUT2D eigenvalue weighted by Gasteiger charge is 2.19. The summed E-state index contributed by atoms with van der Waals surface area (Å²) in [7, 11) is 0. The third-order valence-corrected chi connectivity index (χ3v) is 4.44. The maximum Gasteiger partial charge on any atom is 0.237 e. The predicted molar refractivity (Wildman–Crippen MR) is 78.4 cm³/mol. The number of piperidine rings is 1. The van der Waals surface area contributed by atoms with Gasteiger partial charge in [0, 0.05) is 17.6 Å². The van der Waals surface area contributed by atoms with Crippen LogP contribution in [0.5, 0.6) is 0 Å². The van der Waals surface area contributed by atoms with Gasteiger partial charge in [-0.05, 0) is 45.6 Å². The highest BCUT2D eigenvalue weighted by Crippen LogP contribution is 2.11. The van der Waals surface area contributed by atoms with E-state index < -0.39 is 0 Å². The monoisotopic (exact) mass is 281 g/mol. The largest absolute Gasteiger partial charge is 0.355 e. The number of hydrogen-bond acceptors (Lipinski definition) is 4. The van der Waals surface area contributed by atoms with Crippen LogP contribution in [-0.2, 0) is 11.2 Å². The van der Waals surface area contributed by atoms with Crippen LogP contribution in [0.3, 0.4) is 0 Å². The van der Waals surface area contributed by atoms with Gasteiger partial charge < -0.3 is 10.6 Å². The fourth-order valence-corrected chi connectivity index (χ4v) is 3.15. The molecule has 0 aromatic carbocycles. The molecule has 0 aliphatic carbocycles. The van der Waals surface area contributed by atoms with Crippen LogP contribution in [0.1, 0.15) is 42.8 Å². The zero-order valence-corrected chi connectivity index (χ0v) is 12.4. The molecule has 1 aromatic heterocycles. The highest BCUT2D eigenvalue weighted by molar-refractivity contribution is 7.09. The Morgan fingerprint density at radius 1 is 1.53 bits per heavy atom. The third-order valence-electron chi connectivity index (χ3n) is 3.41. The van der Waals surface area contributed by atoms with Crippen LogP contribution in [0.25, 0.3) is 0 Å². The SMILES string of the molecule is Cc1csc(CCCCNC(=O)[C@H]2CCCCN2)n1. The van der Waals surface area contributed by atoms with Gasteiger partial charge in [0.05, 0.1) is 11.0 Å². The normalized spacial score (nSPS) is 19.3. The Kier molecular flexibility index (Phi) is 5.79. The van der Waals surface area contributed by atoms with Crippen LogP contribution in [0, 0.1) is 6.92 Å². The number of rotatable bonds is 6. The van der Waals surface area contributed by atoms with Gasteiger partial charge in [-0.15, -0.1) is 11.3 Å². The Morgan fingerprint density at radius 2 is 2.42 bits per heavy atom. The molecule has 1 aromatic rings. The average Bonchev–Trinajstić information content (AvgIpc) is 2.85. The molecule has 1 amide bonds. The Labute approximate surface area is 119 Å². The summed E-state index contributed by atoms with van der Waals surface area (Å²) in [5.41, 5.74) is 1.11. The molecule has 0 unspecified atom stereocenters. The van der Waals surface area contributed by atoms with Gasteiger partial charge in [-0.2, -0.15) is 0 Å². The summed E-state index contributed by atoms with van der Waals surface area (Å²) in [6.07, 6.45) is 6.47. The molecule has 0 saturated carbocycles. The predicted octanol–water partition coefficient (Wildman–Crippen LogP) is 2.03. The Bertz CT molecular complexity index is 399. The van der Waals surface area contributed by atoms with E-state index in [1.807, 2.05) is 6.92 Å². The molecular formula is C14H23N3OS. The topological polar surface area (TPSA) is 54.0 Å². The molecule has 2 N–H and O–H groups in total. The molecule has 0 bridgehead atoms. The Balaban J connectivity index is 1.55. The van der Waals surface area contributed by atoms with Crippen molar-refractivity contribution in [1.82, 2.24) is 15.6 Å². The number of nitrogens with zero attached hydrogens (tertiary/aromatic N) is 1. The molecular weight excluding hydrogens is 258 g/mol. The van der Waals surface area contributed by atoms with Gasteiger partial charge >= 0.3 is 0 Å². The molecule has 4 nitrogen and oxygen atoms in total. The molecule has 2 heterocycles.